The summed E-state index contributed by atoms with van der Waals surface area (Å²) in [5.74, 6) is 5.00. The van der Waals surface area contributed by atoms with Crippen molar-refractivity contribution in [2.45, 2.75) is 32.1 Å². The van der Waals surface area contributed by atoms with Crippen LogP contribution in [0.15, 0.2) is 12.1 Å². The minimum absolute atomic E-state index is 0.671. The molecule has 1 aliphatic heterocycles. The molecule has 3 aromatic heterocycles. The van der Waals surface area contributed by atoms with E-state index in [9.17, 15) is 0 Å². The Morgan fingerprint density at radius 1 is 1.20 bits per heavy atom. The van der Waals surface area contributed by atoms with Gasteiger partial charge in [-0.25, -0.2) is 4.98 Å². The van der Waals surface area contributed by atoms with Crippen molar-refractivity contribution < 1.29 is 0 Å². The predicted octanol–water partition coefficient (Wildman–Crippen LogP) is 3.80. The Kier molecular flexibility index (Phi) is 2.78. The minimum atomic E-state index is 0.671. The van der Waals surface area contributed by atoms with E-state index in [1.54, 1.807) is 11.3 Å². The minimum Gasteiger partial charge on any atom is -0.340 e. The number of rotatable bonds is 4. The molecule has 0 spiro atoms. The second-order valence-corrected chi connectivity index (χ2v) is 8.97. The molecule has 4 heterocycles. The van der Waals surface area contributed by atoms with Crippen LogP contribution in [0.1, 0.15) is 35.8 Å². The highest BCUT2D eigenvalue weighted by molar-refractivity contribution is 7.19. The Hall–Kier alpha value is -2.15. The molecule has 6 rings (SSSR count). The molecule has 6 nitrogen and oxygen atoms in total. The smallest absolute Gasteiger partial charge is 0.227 e. The van der Waals surface area contributed by atoms with Gasteiger partial charge in [-0.2, -0.15) is 10.1 Å². The molecule has 128 valence electrons. The Morgan fingerprint density at radius 3 is 2.84 bits per heavy atom. The van der Waals surface area contributed by atoms with Gasteiger partial charge in [0.1, 0.15) is 0 Å². The molecule has 0 amide bonds. The summed E-state index contributed by atoms with van der Waals surface area (Å²) < 4.78 is 1.11. The molecule has 7 heteroatoms. The van der Waals surface area contributed by atoms with Crippen molar-refractivity contribution in [3.05, 3.63) is 22.7 Å². The maximum Gasteiger partial charge on any atom is 0.227 e. The van der Waals surface area contributed by atoms with Crippen LogP contribution >= 0.6 is 11.3 Å². The van der Waals surface area contributed by atoms with Gasteiger partial charge in [-0.1, -0.05) is 0 Å². The number of aromatic nitrogens is 4. The lowest BCUT2D eigenvalue weighted by molar-refractivity contribution is 0.791. The zero-order chi connectivity index (χ0) is 16.5. The van der Waals surface area contributed by atoms with E-state index in [0.717, 1.165) is 52.7 Å². The molecule has 2 N–H and O–H groups in total. The van der Waals surface area contributed by atoms with Crippen molar-refractivity contribution in [1.29, 1.82) is 0 Å². The molecule has 2 saturated carbocycles. The van der Waals surface area contributed by atoms with E-state index in [1.807, 2.05) is 0 Å². The largest absolute Gasteiger partial charge is 0.340 e. The number of hydrogen-bond acceptors (Lipinski definition) is 6. The van der Waals surface area contributed by atoms with Gasteiger partial charge >= 0.3 is 0 Å². The van der Waals surface area contributed by atoms with E-state index in [-0.39, 0.29) is 0 Å². The van der Waals surface area contributed by atoms with Crippen LogP contribution in [0.3, 0.4) is 0 Å². The van der Waals surface area contributed by atoms with Gasteiger partial charge in [-0.3, -0.25) is 5.10 Å². The lowest BCUT2D eigenvalue weighted by Crippen LogP contribution is -2.24. The summed E-state index contributed by atoms with van der Waals surface area (Å²) in [5.41, 5.74) is 2.27. The molecule has 3 aromatic rings. The van der Waals surface area contributed by atoms with E-state index in [0.29, 0.717) is 5.92 Å². The number of hydrogen-bond donors (Lipinski definition) is 2. The summed E-state index contributed by atoms with van der Waals surface area (Å²) in [6, 6.07) is 4.28. The first-order valence-electron chi connectivity index (χ1n) is 9.08. The lowest BCUT2D eigenvalue weighted by atomic mass is 10.3. The van der Waals surface area contributed by atoms with Gasteiger partial charge in [0.15, 0.2) is 11.6 Å². The van der Waals surface area contributed by atoms with Gasteiger partial charge in [0.2, 0.25) is 5.95 Å². The first-order chi connectivity index (χ1) is 12.2. The van der Waals surface area contributed by atoms with Crippen molar-refractivity contribution in [2.24, 2.45) is 11.8 Å². The van der Waals surface area contributed by atoms with E-state index in [4.69, 9.17) is 9.97 Å². The third-order valence-electron chi connectivity index (χ3n) is 5.61. The van der Waals surface area contributed by atoms with Crippen LogP contribution in [-0.2, 0) is 0 Å². The number of aromatic amines is 1. The topological polar surface area (TPSA) is 69.7 Å². The molecule has 2 aliphatic carbocycles. The average Bonchev–Trinajstić information content (AvgIpc) is 3.44. The van der Waals surface area contributed by atoms with Gasteiger partial charge in [-0.05, 0) is 44.1 Å². The monoisotopic (exact) mass is 352 g/mol. The summed E-state index contributed by atoms with van der Waals surface area (Å²) in [5, 5.41) is 11.0. The van der Waals surface area contributed by atoms with Crippen molar-refractivity contribution in [1.82, 2.24) is 20.2 Å². The highest BCUT2D eigenvalue weighted by Gasteiger charge is 2.46. The second-order valence-electron chi connectivity index (χ2n) is 7.71. The number of aryl methyl sites for hydroxylation is 1. The molecule has 2 atom stereocenters. The Morgan fingerprint density at radius 2 is 2.04 bits per heavy atom. The molecule has 0 bridgehead atoms. The Labute approximate surface area is 149 Å². The van der Waals surface area contributed by atoms with Gasteiger partial charge in [0, 0.05) is 35.6 Å². The fraction of sp³-hybridized carbons (Fsp3) is 0.500. The quantitative estimate of drug-likeness (QED) is 0.747. The molecular formula is C18H20N6S. The number of thiophene rings is 1. The number of fused-ring (bicyclic) bond motifs is 2. The van der Waals surface area contributed by atoms with Crippen LogP contribution < -0.4 is 10.2 Å². The zero-order valence-corrected chi connectivity index (χ0v) is 14.9. The highest BCUT2D eigenvalue weighted by Crippen LogP contribution is 2.46. The van der Waals surface area contributed by atoms with Crippen molar-refractivity contribution in [3.8, 4) is 0 Å². The average molecular weight is 352 g/mol. The molecule has 0 aromatic carbocycles. The number of nitrogens with one attached hydrogen (secondary N) is 2. The van der Waals surface area contributed by atoms with Crippen molar-refractivity contribution >= 4 is 39.1 Å². The zero-order valence-electron chi connectivity index (χ0n) is 14.1. The van der Waals surface area contributed by atoms with Crippen molar-refractivity contribution in [3.63, 3.8) is 0 Å². The summed E-state index contributed by atoms with van der Waals surface area (Å²) >= 11 is 1.74. The maximum atomic E-state index is 4.88. The predicted molar refractivity (Wildman–Crippen MR) is 99.8 cm³/mol. The summed E-state index contributed by atoms with van der Waals surface area (Å²) in [4.78, 5) is 13.3. The summed E-state index contributed by atoms with van der Waals surface area (Å²) in [6.45, 7) is 4.33. The Bertz CT molecular complexity index is 961. The number of anilines is 3. The van der Waals surface area contributed by atoms with Crippen LogP contribution in [0, 0.1) is 18.8 Å². The SMILES string of the molecule is Cc1cc2nc(N3CC4CC4C3)nc(Nc3cc(C4CC4)[nH]n3)c2s1. The molecular weight excluding hydrogens is 332 g/mol. The van der Waals surface area contributed by atoms with E-state index < -0.39 is 0 Å². The van der Waals surface area contributed by atoms with Crippen molar-refractivity contribution in [2.75, 3.05) is 23.3 Å². The molecule has 25 heavy (non-hydrogen) atoms. The first-order valence-corrected chi connectivity index (χ1v) is 9.90. The fourth-order valence-corrected chi connectivity index (χ4v) is 4.85. The highest BCUT2D eigenvalue weighted by atomic mass is 32.1. The van der Waals surface area contributed by atoms with E-state index in [1.165, 1.54) is 29.8 Å². The molecule has 3 fully saturated rings. The molecule has 2 unspecified atom stereocenters. The third kappa shape index (κ3) is 2.40. The number of nitrogens with zero attached hydrogens (tertiary/aromatic N) is 4. The van der Waals surface area contributed by atoms with Gasteiger partial charge in [-0.15, -0.1) is 11.3 Å². The molecule has 1 saturated heterocycles. The van der Waals surface area contributed by atoms with Gasteiger partial charge in [0.05, 0.1) is 10.2 Å². The van der Waals surface area contributed by atoms with Crippen LogP contribution in [-0.4, -0.2) is 33.3 Å². The second kappa shape index (κ2) is 4.94. The fourth-order valence-electron chi connectivity index (χ4n) is 3.95. The van der Waals surface area contributed by atoms with E-state index >= 15 is 0 Å². The van der Waals surface area contributed by atoms with Crippen LogP contribution in [0.2, 0.25) is 0 Å². The van der Waals surface area contributed by atoms with Gasteiger partial charge < -0.3 is 10.2 Å². The third-order valence-corrected chi connectivity index (χ3v) is 6.65. The van der Waals surface area contributed by atoms with Crippen LogP contribution in [0.5, 0.6) is 0 Å². The maximum absolute atomic E-state index is 4.88. The molecule has 3 aliphatic rings. The summed E-state index contributed by atoms with van der Waals surface area (Å²) in [6.07, 6.45) is 3.93. The standard InChI is InChI=1S/C18H20N6S/c1-9-4-14-16(25-9)17(20-15-6-13(22-23-15)10-2-3-10)21-18(19-14)24-7-11-5-12(11)8-24/h4,6,10-12H,2-3,5,7-8H2,1H3,(H2,19,20,21,22,23). The normalized spacial score (nSPS) is 24.8. The summed E-state index contributed by atoms with van der Waals surface area (Å²) in [7, 11) is 0. The first kappa shape index (κ1) is 14.1. The van der Waals surface area contributed by atoms with Crippen LogP contribution in [0.25, 0.3) is 10.2 Å². The molecule has 0 radical (unpaired) electrons. The Balaban J connectivity index is 1.38. The van der Waals surface area contributed by atoms with Crippen LogP contribution in [0.4, 0.5) is 17.6 Å². The number of H-pyrrole nitrogens is 1. The number of piperidine rings is 1. The van der Waals surface area contributed by atoms with E-state index in [2.05, 4.69) is 39.5 Å². The lowest BCUT2D eigenvalue weighted by Gasteiger charge is -2.18. The van der Waals surface area contributed by atoms with Gasteiger partial charge in [0.25, 0.3) is 0 Å².